The topological polar surface area (TPSA) is 106 Å². The quantitative estimate of drug-likeness (QED) is 0.588. The second-order valence-electron chi connectivity index (χ2n) is 5.76. The molecule has 0 aliphatic heterocycles. The number of hydrogen-bond acceptors (Lipinski definition) is 5. The van der Waals surface area contributed by atoms with Crippen molar-refractivity contribution in [1.82, 2.24) is 19.5 Å². The highest BCUT2D eigenvalue weighted by Gasteiger charge is 2.22. The Balaban J connectivity index is 1.65. The molecule has 0 radical (unpaired) electrons. The minimum Gasteiger partial charge on any atom is -0.442 e. The van der Waals surface area contributed by atoms with Crippen LogP contribution in [-0.4, -0.2) is 25.4 Å². The number of aromatic amines is 1. The molecule has 26 heavy (non-hydrogen) atoms. The van der Waals surface area contributed by atoms with E-state index in [2.05, 4.69) is 20.3 Å². The van der Waals surface area contributed by atoms with E-state index in [-0.39, 0.29) is 16.7 Å². The largest absolute Gasteiger partial charge is 0.442 e. The summed E-state index contributed by atoms with van der Waals surface area (Å²) in [6.45, 7) is 2.18. The fourth-order valence-corrected chi connectivity index (χ4v) is 2.83. The maximum Gasteiger partial charge on any atom is 0.262 e. The van der Waals surface area contributed by atoms with Crippen molar-refractivity contribution in [2.24, 2.45) is 0 Å². The number of carbonyl (C=O) groups is 1. The maximum absolute atomic E-state index is 12.8. The lowest BCUT2D eigenvalue weighted by atomic mass is 10.2. The SMILES string of the molecule is Cc1oc2nc[nH]c(=O)c2c1C(=O)Nc1nccn1Cc1ccccc1. The summed E-state index contributed by atoms with van der Waals surface area (Å²) in [5, 5.41) is 2.87. The second-order valence-corrected chi connectivity index (χ2v) is 5.76. The second kappa shape index (κ2) is 6.32. The molecule has 3 aromatic heterocycles. The predicted molar refractivity (Wildman–Crippen MR) is 95.1 cm³/mol. The summed E-state index contributed by atoms with van der Waals surface area (Å²) in [6, 6.07) is 9.82. The molecule has 8 nitrogen and oxygen atoms in total. The standard InChI is InChI=1S/C18H15N5O3/c1-11-13(14-15(24)20-10-21-17(14)26-11)16(25)22-18-19-7-8-23(18)9-12-5-3-2-4-6-12/h2-8,10H,9H2,1H3,(H,19,22,25)(H,20,21,24). The van der Waals surface area contributed by atoms with Crippen molar-refractivity contribution < 1.29 is 9.21 Å². The van der Waals surface area contributed by atoms with Gasteiger partial charge >= 0.3 is 0 Å². The van der Waals surface area contributed by atoms with Gasteiger partial charge in [-0.25, -0.2) is 9.97 Å². The van der Waals surface area contributed by atoms with Gasteiger partial charge in [0.1, 0.15) is 11.1 Å². The summed E-state index contributed by atoms with van der Waals surface area (Å²) in [6.07, 6.45) is 4.62. The van der Waals surface area contributed by atoms with Gasteiger partial charge in [0, 0.05) is 12.4 Å². The van der Waals surface area contributed by atoms with Crippen molar-refractivity contribution >= 4 is 23.0 Å². The van der Waals surface area contributed by atoms with Crippen LogP contribution >= 0.6 is 0 Å². The molecule has 0 atom stereocenters. The van der Waals surface area contributed by atoms with Gasteiger partial charge in [0.2, 0.25) is 11.7 Å². The van der Waals surface area contributed by atoms with Gasteiger partial charge < -0.3 is 14.0 Å². The number of nitrogens with one attached hydrogen (secondary N) is 2. The number of aryl methyl sites for hydroxylation is 1. The number of furan rings is 1. The van der Waals surface area contributed by atoms with Crippen molar-refractivity contribution in [2.45, 2.75) is 13.5 Å². The molecule has 1 amide bonds. The number of H-pyrrole nitrogens is 1. The first-order valence-corrected chi connectivity index (χ1v) is 7.96. The summed E-state index contributed by atoms with van der Waals surface area (Å²) in [5.74, 6) is 0.232. The van der Waals surface area contributed by atoms with Crippen LogP contribution in [0.25, 0.3) is 11.1 Å². The Hall–Kier alpha value is -3.68. The van der Waals surface area contributed by atoms with Gasteiger partial charge in [0.05, 0.1) is 18.4 Å². The van der Waals surface area contributed by atoms with Crippen LogP contribution in [0.3, 0.4) is 0 Å². The molecular weight excluding hydrogens is 334 g/mol. The van der Waals surface area contributed by atoms with Gasteiger partial charge in [0.25, 0.3) is 11.5 Å². The maximum atomic E-state index is 12.8. The smallest absolute Gasteiger partial charge is 0.262 e. The monoisotopic (exact) mass is 349 g/mol. The highest BCUT2D eigenvalue weighted by atomic mass is 16.3. The average molecular weight is 349 g/mol. The summed E-state index contributed by atoms with van der Waals surface area (Å²) in [5.41, 5.74) is 0.934. The Morgan fingerprint density at radius 3 is 2.88 bits per heavy atom. The molecule has 0 spiro atoms. The molecule has 130 valence electrons. The molecule has 2 N–H and O–H groups in total. The van der Waals surface area contributed by atoms with E-state index in [9.17, 15) is 9.59 Å². The van der Waals surface area contributed by atoms with Crippen LogP contribution in [0, 0.1) is 6.92 Å². The minimum atomic E-state index is -0.472. The summed E-state index contributed by atoms with van der Waals surface area (Å²) in [4.78, 5) is 35.4. The lowest BCUT2D eigenvalue weighted by molar-refractivity contribution is 0.102. The molecule has 3 heterocycles. The molecule has 0 bridgehead atoms. The normalized spacial score (nSPS) is 11.0. The molecule has 0 aliphatic carbocycles. The number of benzene rings is 1. The van der Waals surface area contributed by atoms with Gasteiger partial charge in [-0.15, -0.1) is 0 Å². The summed E-state index contributed by atoms with van der Waals surface area (Å²) < 4.78 is 7.24. The van der Waals surface area contributed by atoms with Crippen LogP contribution in [0.1, 0.15) is 21.7 Å². The van der Waals surface area contributed by atoms with Gasteiger partial charge in [0.15, 0.2) is 0 Å². The number of aromatic nitrogens is 4. The molecule has 8 heteroatoms. The van der Waals surface area contributed by atoms with Crippen LogP contribution in [0.2, 0.25) is 0 Å². The number of fused-ring (bicyclic) bond motifs is 1. The van der Waals surface area contributed by atoms with E-state index >= 15 is 0 Å². The Bertz CT molecular complexity index is 1140. The van der Waals surface area contributed by atoms with E-state index in [1.165, 1.54) is 6.33 Å². The lowest BCUT2D eigenvalue weighted by Crippen LogP contribution is -2.19. The number of nitrogens with zero attached hydrogens (tertiary/aromatic N) is 3. The van der Waals surface area contributed by atoms with Gasteiger partial charge in [-0.3, -0.25) is 14.9 Å². The molecule has 0 unspecified atom stereocenters. The first kappa shape index (κ1) is 15.8. The van der Waals surface area contributed by atoms with Gasteiger partial charge in [-0.2, -0.15) is 0 Å². The summed E-state index contributed by atoms with van der Waals surface area (Å²) >= 11 is 0. The van der Waals surface area contributed by atoms with Crippen molar-refractivity contribution in [3.63, 3.8) is 0 Å². The number of anilines is 1. The van der Waals surface area contributed by atoms with Crippen LogP contribution in [-0.2, 0) is 6.54 Å². The molecular formula is C18H15N5O3. The molecule has 4 rings (SSSR count). The Labute approximate surface area is 147 Å². The van der Waals surface area contributed by atoms with E-state index in [4.69, 9.17) is 4.42 Å². The molecule has 0 saturated carbocycles. The van der Waals surface area contributed by atoms with E-state index in [0.29, 0.717) is 18.3 Å². The third kappa shape index (κ3) is 2.77. The number of rotatable bonds is 4. The fraction of sp³-hybridized carbons (Fsp3) is 0.111. The van der Waals surface area contributed by atoms with E-state index < -0.39 is 11.5 Å². The van der Waals surface area contributed by atoms with Crippen LogP contribution in [0.4, 0.5) is 5.95 Å². The molecule has 4 aromatic rings. The lowest BCUT2D eigenvalue weighted by Gasteiger charge is -2.09. The molecule has 1 aromatic carbocycles. The molecule has 0 fully saturated rings. The zero-order valence-electron chi connectivity index (χ0n) is 13.9. The Kier molecular flexibility index (Phi) is 3.85. The van der Waals surface area contributed by atoms with Crippen molar-refractivity contribution in [3.8, 4) is 0 Å². The van der Waals surface area contributed by atoms with Gasteiger partial charge in [-0.05, 0) is 12.5 Å². The van der Waals surface area contributed by atoms with Crippen LogP contribution in [0.15, 0.2) is 58.3 Å². The highest BCUT2D eigenvalue weighted by Crippen LogP contribution is 2.21. The summed E-state index contributed by atoms with van der Waals surface area (Å²) in [7, 11) is 0. The van der Waals surface area contributed by atoms with Crippen molar-refractivity contribution in [1.29, 1.82) is 0 Å². The number of carbonyl (C=O) groups excluding carboxylic acids is 1. The number of hydrogen-bond donors (Lipinski definition) is 2. The molecule has 0 saturated heterocycles. The van der Waals surface area contributed by atoms with Crippen LogP contribution < -0.4 is 10.9 Å². The van der Waals surface area contributed by atoms with E-state index in [0.717, 1.165) is 5.56 Å². The Morgan fingerprint density at radius 2 is 2.08 bits per heavy atom. The van der Waals surface area contributed by atoms with Crippen molar-refractivity contribution in [3.05, 3.63) is 76.3 Å². The van der Waals surface area contributed by atoms with Crippen molar-refractivity contribution in [2.75, 3.05) is 5.32 Å². The van der Waals surface area contributed by atoms with E-state index in [1.807, 2.05) is 34.9 Å². The number of amides is 1. The average Bonchev–Trinajstić information content (AvgIpc) is 3.20. The minimum absolute atomic E-state index is 0.128. The Morgan fingerprint density at radius 1 is 1.27 bits per heavy atom. The van der Waals surface area contributed by atoms with E-state index in [1.54, 1.807) is 19.3 Å². The predicted octanol–water partition coefficient (Wildman–Crippen LogP) is 2.32. The third-order valence-corrected chi connectivity index (χ3v) is 4.03. The highest BCUT2D eigenvalue weighted by molar-refractivity contribution is 6.12. The first-order valence-electron chi connectivity index (χ1n) is 7.96. The zero-order valence-corrected chi connectivity index (χ0v) is 13.9. The first-order chi connectivity index (χ1) is 12.6. The number of imidazole rings is 1. The fourth-order valence-electron chi connectivity index (χ4n) is 2.83. The molecule has 0 aliphatic rings. The third-order valence-electron chi connectivity index (χ3n) is 4.03. The zero-order chi connectivity index (χ0) is 18.1. The van der Waals surface area contributed by atoms with Gasteiger partial charge in [-0.1, -0.05) is 30.3 Å². The van der Waals surface area contributed by atoms with Crippen LogP contribution in [0.5, 0.6) is 0 Å².